The molecule has 0 saturated carbocycles. The molecule has 11 heteroatoms. The van der Waals surface area contributed by atoms with E-state index in [-0.39, 0.29) is 37.0 Å². The lowest BCUT2D eigenvalue weighted by Gasteiger charge is -2.34. The van der Waals surface area contributed by atoms with Crippen LogP contribution in [-0.4, -0.2) is 60.6 Å². The minimum absolute atomic E-state index is 0.0830. The molecule has 1 saturated heterocycles. The lowest BCUT2D eigenvalue weighted by molar-refractivity contribution is -0.274. The third kappa shape index (κ3) is 4.30. The maximum Gasteiger partial charge on any atom is 0.573 e. The van der Waals surface area contributed by atoms with Gasteiger partial charge < -0.3 is 14.2 Å². The predicted molar refractivity (Wildman–Crippen MR) is 111 cm³/mol. The molecule has 7 nitrogen and oxygen atoms in total. The summed E-state index contributed by atoms with van der Waals surface area (Å²) in [5.74, 6) is -0.672. The van der Waals surface area contributed by atoms with Gasteiger partial charge in [-0.1, -0.05) is 18.2 Å². The summed E-state index contributed by atoms with van der Waals surface area (Å²) in [6.07, 6.45) is -3.09. The number of nitrogens with zero attached hydrogens (tertiary/aromatic N) is 3. The number of hydrogen-bond donors (Lipinski definition) is 0. The Balaban J connectivity index is 1.45. The molecule has 1 aromatic heterocycles. The molecule has 0 bridgehead atoms. The molecule has 0 radical (unpaired) electrons. The molecule has 1 fully saturated rings. The van der Waals surface area contributed by atoms with Crippen molar-refractivity contribution in [2.45, 2.75) is 11.3 Å². The first kappa shape index (κ1) is 22.2. The average molecular weight is 467 g/mol. The van der Waals surface area contributed by atoms with Gasteiger partial charge in [-0.3, -0.25) is 4.79 Å². The van der Waals surface area contributed by atoms with Crippen molar-refractivity contribution in [1.29, 1.82) is 0 Å². The molecule has 2 aromatic carbocycles. The lowest BCUT2D eigenvalue weighted by atomic mass is 10.1. The largest absolute Gasteiger partial charge is 0.573 e. The SMILES string of the molecule is Cn1cc(C(=O)N2CCN(S(=O)(=O)c3ccc(OC(F)(F)F)cc3)CC2)c2ccccc21. The molecule has 32 heavy (non-hydrogen) atoms. The molecule has 1 amide bonds. The van der Waals surface area contributed by atoms with Gasteiger partial charge in [0.15, 0.2) is 0 Å². The second-order valence-corrected chi connectivity index (χ2v) is 9.32. The smallest absolute Gasteiger partial charge is 0.406 e. The van der Waals surface area contributed by atoms with Crippen LogP contribution in [0.25, 0.3) is 10.9 Å². The minimum atomic E-state index is -4.85. The van der Waals surface area contributed by atoms with Crippen molar-refractivity contribution in [1.82, 2.24) is 13.8 Å². The summed E-state index contributed by atoms with van der Waals surface area (Å²) in [6.45, 7) is 0.576. The lowest BCUT2D eigenvalue weighted by Crippen LogP contribution is -2.50. The molecular formula is C21H20F3N3O4S. The van der Waals surface area contributed by atoms with Crippen LogP contribution in [0.1, 0.15) is 10.4 Å². The fourth-order valence-corrected chi connectivity index (χ4v) is 5.20. The summed E-state index contributed by atoms with van der Waals surface area (Å²) in [4.78, 5) is 14.5. The van der Waals surface area contributed by atoms with Crippen molar-refractivity contribution in [3.63, 3.8) is 0 Å². The molecule has 2 heterocycles. The number of hydrogen-bond acceptors (Lipinski definition) is 4. The van der Waals surface area contributed by atoms with Crippen molar-refractivity contribution in [3.05, 3.63) is 60.3 Å². The highest BCUT2D eigenvalue weighted by Gasteiger charge is 2.33. The average Bonchev–Trinajstić information content (AvgIpc) is 3.09. The van der Waals surface area contributed by atoms with Gasteiger partial charge in [0.2, 0.25) is 10.0 Å². The number of carbonyl (C=O) groups excluding carboxylic acids is 1. The highest BCUT2D eigenvalue weighted by atomic mass is 32.2. The predicted octanol–water partition coefficient (Wildman–Crippen LogP) is 3.22. The van der Waals surface area contributed by atoms with E-state index in [1.54, 1.807) is 11.1 Å². The first-order valence-corrected chi connectivity index (χ1v) is 11.2. The van der Waals surface area contributed by atoms with Crippen molar-refractivity contribution >= 4 is 26.8 Å². The Kier molecular flexibility index (Phi) is 5.63. The first-order chi connectivity index (χ1) is 15.1. The number of halogens is 3. The zero-order valence-electron chi connectivity index (χ0n) is 17.0. The zero-order chi connectivity index (χ0) is 23.1. The number of sulfonamides is 1. The van der Waals surface area contributed by atoms with Crippen LogP contribution < -0.4 is 4.74 Å². The molecule has 170 valence electrons. The Morgan fingerprint density at radius 2 is 1.59 bits per heavy atom. The second kappa shape index (κ2) is 8.14. The van der Waals surface area contributed by atoms with E-state index in [0.29, 0.717) is 5.56 Å². The first-order valence-electron chi connectivity index (χ1n) is 9.75. The summed E-state index contributed by atoms with van der Waals surface area (Å²) < 4.78 is 69.5. The third-order valence-electron chi connectivity index (χ3n) is 5.35. The Morgan fingerprint density at radius 3 is 2.22 bits per heavy atom. The van der Waals surface area contributed by atoms with Crippen LogP contribution in [0.2, 0.25) is 0 Å². The molecule has 0 spiro atoms. The summed E-state index contributed by atoms with van der Waals surface area (Å²) in [5, 5.41) is 0.830. The van der Waals surface area contributed by atoms with Gasteiger partial charge in [0, 0.05) is 50.3 Å². The quantitative estimate of drug-likeness (QED) is 0.591. The van der Waals surface area contributed by atoms with Gasteiger partial charge in [0.25, 0.3) is 5.91 Å². The third-order valence-corrected chi connectivity index (χ3v) is 7.26. The molecule has 1 aliphatic heterocycles. The standard InChI is InChI=1S/C21H20F3N3O4S/c1-25-14-18(17-4-2-3-5-19(17)25)20(28)26-10-12-27(13-11-26)32(29,30)16-8-6-15(7-9-16)31-21(22,23)24/h2-9,14H,10-13H2,1H3. The van der Waals surface area contributed by atoms with Crippen LogP contribution in [0.15, 0.2) is 59.6 Å². The van der Waals surface area contributed by atoms with Gasteiger partial charge in [-0.25, -0.2) is 8.42 Å². The topological polar surface area (TPSA) is 71.9 Å². The second-order valence-electron chi connectivity index (χ2n) is 7.39. The summed E-state index contributed by atoms with van der Waals surface area (Å²) in [5.41, 5.74) is 1.48. The molecule has 0 atom stereocenters. The highest BCUT2D eigenvalue weighted by Crippen LogP contribution is 2.26. The number of amides is 1. The number of para-hydroxylation sites is 1. The number of aromatic nitrogens is 1. The number of carbonyl (C=O) groups is 1. The fraction of sp³-hybridized carbons (Fsp3) is 0.286. The maximum absolute atomic E-state index is 13.0. The Hall–Kier alpha value is -3.05. The van der Waals surface area contributed by atoms with Crippen molar-refractivity contribution in [2.24, 2.45) is 7.05 Å². The van der Waals surface area contributed by atoms with Crippen molar-refractivity contribution < 1.29 is 31.1 Å². The number of rotatable bonds is 4. The highest BCUT2D eigenvalue weighted by molar-refractivity contribution is 7.89. The monoisotopic (exact) mass is 467 g/mol. The van der Waals surface area contributed by atoms with Crippen molar-refractivity contribution in [2.75, 3.05) is 26.2 Å². The van der Waals surface area contributed by atoms with E-state index in [0.717, 1.165) is 35.2 Å². The van der Waals surface area contributed by atoms with E-state index >= 15 is 0 Å². The minimum Gasteiger partial charge on any atom is -0.406 e. The molecule has 3 aromatic rings. The Labute approximate surface area is 182 Å². The van der Waals surface area contributed by atoms with Gasteiger partial charge in [-0.05, 0) is 30.3 Å². The van der Waals surface area contributed by atoms with Crippen LogP contribution >= 0.6 is 0 Å². The number of fused-ring (bicyclic) bond motifs is 1. The molecule has 0 unspecified atom stereocenters. The van der Waals surface area contributed by atoms with Gasteiger partial charge in [-0.2, -0.15) is 4.31 Å². The van der Waals surface area contributed by atoms with Gasteiger partial charge in [0.1, 0.15) is 5.75 Å². The van der Waals surface area contributed by atoms with Crippen LogP contribution in [0.4, 0.5) is 13.2 Å². The van der Waals surface area contributed by atoms with E-state index in [1.165, 1.54) is 4.31 Å². The molecule has 0 aliphatic carbocycles. The van der Waals surface area contributed by atoms with Crippen LogP contribution in [0, 0.1) is 0 Å². The molecule has 0 N–H and O–H groups in total. The van der Waals surface area contributed by atoms with Gasteiger partial charge >= 0.3 is 6.36 Å². The van der Waals surface area contributed by atoms with E-state index in [9.17, 15) is 26.4 Å². The molecular weight excluding hydrogens is 447 g/mol. The van der Waals surface area contributed by atoms with E-state index in [1.807, 2.05) is 35.9 Å². The summed E-state index contributed by atoms with van der Waals surface area (Å²) >= 11 is 0. The number of benzene rings is 2. The molecule has 4 rings (SSSR count). The van der Waals surface area contributed by atoms with Gasteiger partial charge in [0.05, 0.1) is 10.5 Å². The van der Waals surface area contributed by atoms with Crippen LogP contribution in [-0.2, 0) is 17.1 Å². The number of alkyl halides is 3. The molecule has 1 aliphatic rings. The number of ether oxygens (including phenoxy) is 1. The Bertz CT molecular complexity index is 1250. The van der Waals surface area contributed by atoms with E-state index < -0.39 is 22.1 Å². The summed E-state index contributed by atoms with van der Waals surface area (Å²) in [7, 11) is -2.06. The zero-order valence-corrected chi connectivity index (χ0v) is 17.9. The van der Waals surface area contributed by atoms with Crippen LogP contribution in [0.5, 0.6) is 5.75 Å². The number of piperazine rings is 1. The Morgan fingerprint density at radius 1 is 0.969 bits per heavy atom. The normalized spacial score (nSPS) is 15.8. The van der Waals surface area contributed by atoms with E-state index in [4.69, 9.17) is 0 Å². The summed E-state index contributed by atoms with van der Waals surface area (Å²) in [6, 6.07) is 11.6. The number of aryl methyl sites for hydroxylation is 1. The van der Waals surface area contributed by atoms with Crippen LogP contribution in [0.3, 0.4) is 0 Å². The van der Waals surface area contributed by atoms with Crippen molar-refractivity contribution in [3.8, 4) is 5.75 Å². The van der Waals surface area contributed by atoms with Gasteiger partial charge in [-0.15, -0.1) is 13.2 Å². The van der Waals surface area contributed by atoms with E-state index in [2.05, 4.69) is 4.74 Å². The maximum atomic E-state index is 13.0. The fourth-order valence-electron chi connectivity index (χ4n) is 3.78.